The zero-order valence-electron chi connectivity index (χ0n) is 21.8. The molecule has 0 aliphatic carbocycles. The number of carbonyl (C=O) groups is 2. The van der Waals surface area contributed by atoms with E-state index in [0.29, 0.717) is 21.3 Å². The summed E-state index contributed by atoms with van der Waals surface area (Å²) in [7, 11) is -3.82. The SMILES string of the molecule is CC(C)NC(=O)C(C)N(Cc1c(Cl)cccc1Cl)C(=O)CN(c1ccc(C(C)(C)C)cc1)S(C)(=O)=O. The van der Waals surface area contributed by atoms with Crippen molar-refractivity contribution in [3.05, 3.63) is 63.6 Å². The summed E-state index contributed by atoms with van der Waals surface area (Å²) in [5, 5.41) is 3.48. The molecule has 198 valence electrons. The van der Waals surface area contributed by atoms with Gasteiger partial charge in [-0.15, -0.1) is 0 Å². The molecule has 7 nitrogen and oxygen atoms in total. The zero-order valence-corrected chi connectivity index (χ0v) is 24.1. The number of nitrogens with zero attached hydrogens (tertiary/aromatic N) is 2. The summed E-state index contributed by atoms with van der Waals surface area (Å²) < 4.78 is 26.5. The van der Waals surface area contributed by atoms with Crippen LogP contribution in [0.15, 0.2) is 42.5 Å². The van der Waals surface area contributed by atoms with Crippen LogP contribution in [0.3, 0.4) is 0 Å². The Kier molecular flexibility index (Phi) is 9.84. The molecule has 1 N–H and O–H groups in total. The number of halogens is 2. The highest BCUT2D eigenvalue weighted by Crippen LogP contribution is 2.28. The molecule has 0 aliphatic heterocycles. The Morgan fingerprint density at radius 2 is 1.50 bits per heavy atom. The van der Waals surface area contributed by atoms with Gasteiger partial charge in [-0.25, -0.2) is 8.42 Å². The number of anilines is 1. The Morgan fingerprint density at radius 1 is 0.972 bits per heavy atom. The summed E-state index contributed by atoms with van der Waals surface area (Å²) >= 11 is 12.7. The molecule has 10 heteroatoms. The summed E-state index contributed by atoms with van der Waals surface area (Å²) in [6.07, 6.45) is 1.04. The molecule has 2 aromatic rings. The first kappa shape index (κ1) is 29.9. The van der Waals surface area contributed by atoms with Crippen LogP contribution in [0.1, 0.15) is 52.7 Å². The molecule has 0 spiro atoms. The van der Waals surface area contributed by atoms with Crippen molar-refractivity contribution in [3.8, 4) is 0 Å². The fourth-order valence-corrected chi connectivity index (χ4v) is 4.95. The molecule has 0 aliphatic rings. The van der Waals surface area contributed by atoms with E-state index in [1.54, 1.807) is 37.3 Å². The van der Waals surface area contributed by atoms with Crippen LogP contribution in [-0.2, 0) is 31.6 Å². The number of nitrogens with one attached hydrogen (secondary N) is 1. The van der Waals surface area contributed by atoms with Crippen LogP contribution in [0.25, 0.3) is 0 Å². The molecule has 0 fully saturated rings. The maximum atomic E-state index is 13.6. The Labute approximate surface area is 224 Å². The summed E-state index contributed by atoms with van der Waals surface area (Å²) in [4.78, 5) is 27.8. The van der Waals surface area contributed by atoms with Crippen molar-refractivity contribution in [2.24, 2.45) is 0 Å². The van der Waals surface area contributed by atoms with Gasteiger partial charge in [-0.05, 0) is 56.0 Å². The molecular formula is C26H35Cl2N3O4S. The predicted octanol–water partition coefficient (Wildman–Crippen LogP) is 5.00. The monoisotopic (exact) mass is 555 g/mol. The Hall–Kier alpha value is -2.29. The van der Waals surface area contributed by atoms with Crippen LogP contribution in [0, 0.1) is 0 Å². The molecule has 0 radical (unpaired) electrons. The first-order valence-electron chi connectivity index (χ1n) is 11.6. The van der Waals surface area contributed by atoms with Crippen molar-refractivity contribution >= 4 is 50.7 Å². The van der Waals surface area contributed by atoms with E-state index in [1.165, 1.54) is 4.90 Å². The molecule has 2 amide bonds. The molecule has 1 unspecified atom stereocenters. The van der Waals surface area contributed by atoms with Gasteiger partial charge in [0.25, 0.3) is 0 Å². The van der Waals surface area contributed by atoms with Crippen molar-refractivity contribution in [2.45, 2.75) is 65.6 Å². The molecular weight excluding hydrogens is 521 g/mol. The topological polar surface area (TPSA) is 86.8 Å². The van der Waals surface area contributed by atoms with Gasteiger partial charge in [-0.2, -0.15) is 0 Å². The smallest absolute Gasteiger partial charge is 0.244 e. The average molecular weight is 557 g/mol. The van der Waals surface area contributed by atoms with Gasteiger partial charge >= 0.3 is 0 Å². The van der Waals surface area contributed by atoms with Gasteiger partial charge in [0.15, 0.2) is 0 Å². The summed E-state index contributed by atoms with van der Waals surface area (Å²) in [5.41, 5.74) is 1.74. The van der Waals surface area contributed by atoms with E-state index in [2.05, 4.69) is 26.1 Å². The van der Waals surface area contributed by atoms with Crippen LogP contribution in [0.2, 0.25) is 10.0 Å². The van der Waals surface area contributed by atoms with Gasteiger partial charge in [0.1, 0.15) is 12.6 Å². The normalized spacial score (nSPS) is 12.8. The predicted molar refractivity (Wildman–Crippen MR) is 147 cm³/mol. The molecule has 2 rings (SSSR count). The lowest BCUT2D eigenvalue weighted by atomic mass is 9.87. The first-order valence-corrected chi connectivity index (χ1v) is 14.2. The highest BCUT2D eigenvalue weighted by molar-refractivity contribution is 7.92. The number of rotatable bonds is 9. The average Bonchev–Trinajstić information content (AvgIpc) is 2.75. The molecule has 36 heavy (non-hydrogen) atoms. The summed E-state index contributed by atoms with van der Waals surface area (Å²) in [6, 6.07) is 11.0. The maximum Gasteiger partial charge on any atom is 0.244 e. The highest BCUT2D eigenvalue weighted by Gasteiger charge is 2.31. The Balaban J connectivity index is 2.46. The maximum absolute atomic E-state index is 13.6. The van der Waals surface area contributed by atoms with E-state index >= 15 is 0 Å². The van der Waals surface area contributed by atoms with Crippen molar-refractivity contribution in [3.63, 3.8) is 0 Å². The molecule has 1 atom stereocenters. The molecule has 0 saturated carbocycles. The van der Waals surface area contributed by atoms with Crippen LogP contribution < -0.4 is 9.62 Å². The van der Waals surface area contributed by atoms with Gasteiger partial charge in [-0.1, -0.05) is 62.2 Å². The van der Waals surface area contributed by atoms with E-state index < -0.39 is 28.5 Å². The summed E-state index contributed by atoms with van der Waals surface area (Å²) in [6.45, 7) is 10.8. The highest BCUT2D eigenvalue weighted by atomic mass is 35.5. The van der Waals surface area contributed by atoms with Gasteiger partial charge in [-0.3, -0.25) is 13.9 Å². The van der Waals surface area contributed by atoms with Gasteiger partial charge in [0.2, 0.25) is 21.8 Å². The van der Waals surface area contributed by atoms with E-state index in [1.807, 2.05) is 26.0 Å². The number of amides is 2. The largest absolute Gasteiger partial charge is 0.352 e. The number of hydrogen-bond donors (Lipinski definition) is 1. The van der Waals surface area contributed by atoms with Crippen LogP contribution >= 0.6 is 23.2 Å². The Bertz CT molecular complexity index is 1170. The molecule has 2 aromatic carbocycles. The van der Waals surface area contributed by atoms with Crippen molar-refractivity contribution < 1.29 is 18.0 Å². The van der Waals surface area contributed by atoms with Crippen LogP contribution in [-0.4, -0.2) is 50.0 Å². The number of benzene rings is 2. The molecule has 0 saturated heterocycles. The Morgan fingerprint density at radius 3 is 1.94 bits per heavy atom. The van der Waals surface area contributed by atoms with Crippen molar-refractivity contribution in [1.29, 1.82) is 0 Å². The number of carbonyl (C=O) groups excluding carboxylic acids is 2. The fourth-order valence-electron chi connectivity index (χ4n) is 3.58. The van der Waals surface area contributed by atoms with E-state index in [0.717, 1.165) is 16.1 Å². The van der Waals surface area contributed by atoms with Gasteiger partial charge < -0.3 is 10.2 Å². The van der Waals surface area contributed by atoms with Gasteiger partial charge in [0.05, 0.1) is 11.9 Å². The molecule has 0 heterocycles. The number of sulfonamides is 1. The van der Waals surface area contributed by atoms with Crippen molar-refractivity contribution in [2.75, 3.05) is 17.1 Å². The fraction of sp³-hybridized carbons (Fsp3) is 0.462. The van der Waals surface area contributed by atoms with Crippen LogP contribution in [0.4, 0.5) is 5.69 Å². The third-order valence-corrected chi connectivity index (χ3v) is 7.54. The second-order valence-corrected chi connectivity index (χ2v) is 12.8. The molecule has 0 bridgehead atoms. The van der Waals surface area contributed by atoms with Gasteiger partial charge in [0, 0.05) is 28.2 Å². The second kappa shape index (κ2) is 11.8. The standard InChI is InChI=1S/C26H35Cl2N3O4S/c1-17(2)29-25(33)18(3)30(15-21-22(27)9-8-10-23(21)28)24(32)16-31(36(7,34)35)20-13-11-19(12-14-20)26(4,5)6/h8-14,17-18H,15-16H2,1-7H3,(H,29,33). The summed E-state index contributed by atoms with van der Waals surface area (Å²) in [5.74, 6) is -0.940. The molecule has 0 aromatic heterocycles. The lowest BCUT2D eigenvalue weighted by molar-refractivity contribution is -0.139. The second-order valence-electron chi connectivity index (χ2n) is 10.1. The lowest BCUT2D eigenvalue weighted by Gasteiger charge is -2.32. The quantitative estimate of drug-likeness (QED) is 0.471. The first-order chi connectivity index (χ1) is 16.5. The van der Waals surface area contributed by atoms with E-state index in [9.17, 15) is 18.0 Å². The minimum atomic E-state index is -3.82. The minimum Gasteiger partial charge on any atom is -0.352 e. The minimum absolute atomic E-state index is 0.0649. The third kappa shape index (κ3) is 7.85. The third-order valence-electron chi connectivity index (χ3n) is 5.69. The lowest BCUT2D eigenvalue weighted by Crippen LogP contribution is -2.52. The number of hydrogen-bond acceptors (Lipinski definition) is 4. The zero-order chi connectivity index (χ0) is 27.4. The van der Waals surface area contributed by atoms with E-state index in [-0.39, 0.29) is 23.9 Å². The van der Waals surface area contributed by atoms with Crippen molar-refractivity contribution in [1.82, 2.24) is 10.2 Å². The van der Waals surface area contributed by atoms with E-state index in [4.69, 9.17) is 23.2 Å². The van der Waals surface area contributed by atoms with Crippen LogP contribution in [0.5, 0.6) is 0 Å².